The summed E-state index contributed by atoms with van der Waals surface area (Å²) in [6, 6.07) is -0.866. The minimum atomic E-state index is -4.61. The van der Waals surface area contributed by atoms with Crippen molar-refractivity contribution in [3.8, 4) is 0 Å². The zero-order chi connectivity index (χ0) is 16.2. The maximum atomic E-state index is 12.6. The molecule has 0 spiro atoms. The van der Waals surface area contributed by atoms with Crippen LogP contribution in [0.3, 0.4) is 0 Å². The number of carboxylic acids is 1. The van der Waals surface area contributed by atoms with Crippen molar-refractivity contribution >= 4 is 11.9 Å². The third-order valence-corrected chi connectivity index (χ3v) is 4.48. The van der Waals surface area contributed by atoms with Crippen LogP contribution in [0, 0.1) is 5.92 Å². The fourth-order valence-electron chi connectivity index (χ4n) is 3.75. The molecule has 1 saturated carbocycles. The summed E-state index contributed by atoms with van der Waals surface area (Å²) in [7, 11) is 1.41. The van der Waals surface area contributed by atoms with Crippen LogP contribution in [0.4, 0.5) is 13.2 Å². The Balaban J connectivity index is 0.00000192. The van der Waals surface area contributed by atoms with Crippen LogP contribution >= 0.6 is 0 Å². The SMILES string of the molecule is CO[C@H]1CCC[C@H]2C1=C(C(=O)[O-])N1C(=O)/C(=C/C(F)(F)F)[C@@H]21.[Na+]. The summed E-state index contributed by atoms with van der Waals surface area (Å²) in [6.45, 7) is 0. The zero-order valence-corrected chi connectivity index (χ0v) is 14.6. The van der Waals surface area contributed by atoms with Gasteiger partial charge in [-0.15, -0.1) is 0 Å². The number of nitrogens with zero attached hydrogens (tertiary/aromatic N) is 1. The van der Waals surface area contributed by atoms with E-state index in [1.165, 1.54) is 7.11 Å². The molecule has 23 heavy (non-hydrogen) atoms. The largest absolute Gasteiger partial charge is 1.00 e. The van der Waals surface area contributed by atoms with Gasteiger partial charge >= 0.3 is 35.7 Å². The maximum Gasteiger partial charge on any atom is 1.00 e. The molecule has 0 aromatic carbocycles. The average molecular weight is 339 g/mol. The summed E-state index contributed by atoms with van der Waals surface area (Å²) in [6.07, 6.45) is -3.34. The molecule has 2 heterocycles. The maximum absolute atomic E-state index is 12.6. The fourth-order valence-corrected chi connectivity index (χ4v) is 3.75. The normalized spacial score (nSPS) is 31.5. The van der Waals surface area contributed by atoms with Gasteiger partial charge in [-0.2, -0.15) is 13.2 Å². The first-order valence-corrected chi connectivity index (χ1v) is 6.87. The Hall–Kier alpha value is -0.830. The number of carbonyl (C=O) groups is 2. The van der Waals surface area contributed by atoms with Gasteiger partial charge in [0.15, 0.2) is 0 Å². The molecule has 0 N–H and O–H groups in total. The first-order chi connectivity index (χ1) is 10.3. The second-order valence-corrected chi connectivity index (χ2v) is 5.61. The van der Waals surface area contributed by atoms with Crippen LogP contribution in [0.5, 0.6) is 0 Å². The molecule has 1 saturated heterocycles. The van der Waals surface area contributed by atoms with E-state index in [0.29, 0.717) is 24.8 Å². The molecule has 1 amide bonds. The van der Waals surface area contributed by atoms with Crippen molar-refractivity contribution in [2.75, 3.05) is 7.11 Å². The minimum absolute atomic E-state index is 0. The van der Waals surface area contributed by atoms with Crippen molar-refractivity contribution in [2.24, 2.45) is 5.92 Å². The van der Waals surface area contributed by atoms with E-state index in [4.69, 9.17) is 4.74 Å². The molecular weight excluding hydrogens is 326 g/mol. The Bertz CT molecular complexity index is 614. The summed E-state index contributed by atoms with van der Waals surface area (Å²) in [5.41, 5.74) is -0.313. The molecule has 3 aliphatic rings. The number of ether oxygens (including phenoxy) is 1. The molecule has 0 radical (unpaired) electrons. The van der Waals surface area contributed by atoms with E-state index in [2.05, 4.69) is 0 Å². The van der Waals surface area contributed by atoms with E-state index in [1.54, 1.807) is 0 Å². The van der Waals surface area contributed by atoms with E-state index >= 15 is 0 Å². The van der Waals surface area contributed by atoms with Crippen molar-refractivity contribution in [1.82, 2.24) is 4.90 Å². The summed E-state index contributed by atoms with van der Waals surface area (Å²) >= 11 is 0. The topological polar surface area (TPSA) is 69.7 Å². The Kier molecular flexibility index (Phi) is 5.02. The monoisotopic (exact) mass is 339 g/mol. The van der Waals surface area contributed by atoms with Gasteiger partial charge in [-0.25, -0.2) is 0 Å². The molecule has 9 heteroatoms. The van der Waals surface area contributed by atoms with Crippen molar-refractivity contribution in [3.05, 3.63) is 22.9 Å². The third kappa shape index (κ3) is 2.86. The van der Waals surface area contributed by atoms with Crippen LogP contribution in [0.1, 0.15) is 19.3 Å². The third-order valence-electron chi connectivity index (χ3n) is 4.48. The zero-order valence-electron chi connectivity index (χ0n) is 12.6. The van der Waals surface area contributed by atoms with Crippen molar-refractivity contribution in [1.29, 1.82) is 0 Å². The number of hydrogen-bond acceptors (Lipinski definition) is 4. The van der Waals surface area contributed by atoms with Gasteiger partial charge in [-0.3, -0.25) is 9.69 Å². The molecule has 120 valence electrons. The van der Waals surface area contributed by atoms with Gasteiger partial charge in [-0.05, 0) is 24.8 Å². The molecular formula is C14H13F3NNaO4. The molecule has 0 bridgehead atoms. The molecule has 3 atom stereocenters. The standard InChI is InChI=1S/C14H14F3NO4.Na/c1-22-8-4-2-3-6-9(8)11(13(20)21)18-10(6)7(12(18)19)5-14(15,16)17;/h5-6,8,10H,2-4H2,1H3,(H,20,21);/q;+1/p-1/b7-5+;/t6-,8-,10+;/m0./s1. The fraction of sp³-hybridized carbons (Fsp3) is 0.571. The predicted molar refractivity (Wildman–Crippen MR) is 64.9 cm³/mol. The second kappa shape index (κ2) is 6.23. The molecule has 2 fully saturated rings. The number of rotatable bonds is 2. The second-order valence-electron chi connectivity index (χ2n) is 5.61. The van der Waals surface area contributed by atoms with Crippen LogP contribution in [0.2, 0.25) is 0 Å². The van der Waals surface area contributed by atoms with Crippen LogP contribution in [-0.2, 0) is 14.3 Å². The summed E-state index contributed by atoms with van der Waals surface area (Å²) in [5.74, 6) is -2.91. The van der Waals surface area contributed by atoms with Gasteiger partial charge in [0.05, 0.1) is 23.8 Å². The first-order valence-electron chi connectivity index (χ1n) is 6.87. The summed E-state index contributed by atoms with van der Waals surface area (Å²) in [4.78, 5) is 24.3. The quantitative estimate of drug-likeness (QED) is 0.317. The van der Waals surface area contributed by atoms with Gasteiger partial charge in [0.1, 0.15) is 0 Å². The van der Waals surface area contributed by atoms with E-state index in [-0.39, 0.29) is 46.9 Å². The molecule has 0 aromatic rings. The van der Waals surface area contributed by atoms with Gasteiger partial charge in [0, 0.05) is 24.7 Å². The Morgan fingerprint density at radius 3 is 2.57 bits per heavy atom. The van der Waals surface area contributed by atoms with Gasteiger partial charge in [0.2, 0.25) is 0 Å². The molecule has 3 rings (SSSR count). The summed E-state index contributed by atoms with van der Waals surface area (Å²) < 4.78 is 43.0. The van der Waals surface area contributed by atoms with Gasteiger partial charge in [-0.1, -0.05) is 0 Å². The van der Waals surface area contributed by atoms with Gasteiger partial charge < -0.3 is 14.6 Å². The number of carboxylic acid groups (broad SMARTS) is 1. The van der Waals surface area contributed by atoms with Crippen LogP contribution in [0.25, 0.3) is 0 Å². The number of β-lactam (4-membered cyclic amide) rings is 1. The Labute approximate surface area is 152 Å². The number of fused-ring (bicyclic) bond motifs is 3. The molecule has 5 nitrogen and oxygen atoms in total. The number of alkyl halides is 3. The van der Waals surface area contributed by atoms with Crippen LogP contribution in [-0.4, -0.2) is 42.2 Å². The number of methoxy groups -OCH3 is 1. The van der Waals surface area contributed by atoms with Crippen molar-refractivity contribution in [3.63, 3.8) is 0 Å². The van der Waals surface area contributed by atoms with E-state index in [9.17, 15) is 27.9 Å². The first kappa shape index (κ1) is 18.5. The number of aliphatic carboxylic acids is 1. The van der Waals surface area contributed by atoms with E-state index in [1.807, 2.05) is 0 Å². The minimum Gasteiger partial charge on any atom is -0.543 e. The Morgan fingerprint density at radius 2 is 2.04 bits per heavy atom. The molecule has 0 unspecified atom stereocenters. The number of allylic oxidation sites excluding steroid dienone is 1. The molecule has 1 aliphatic carbocycles. The van der Waals surface area contributed by atoms with Crippen molar-refractivity contribution in [2.45, 2.75) is 37.6 Å². The number of carbonyl (C=O) groups excluding carboxylic acids is 2. The van der Waals surface area contributed by atoms with E-state index in [0.717, 1.165) is 4.90 Å². The van der Waals surface area contributed by atoms with Crippen LogP contribution < -0.4 is 34.7 Å². The smallest absolute Gasteiger partial charge is 0.543 e. The Morgan fingerprint density at radius 1 is 1.39 bits per heavy atom. The van der Waals surface area contributed by atoms with Gasteiger partial charge in [0.25, 0.3) is 5.91 Å². The average Bonchev–Trinajstić information content (AvgIpc) is 2.75. The van der Waals surface area contributed by atoms with Crippen molar-refractivity contribution < 1.29 is 62.2 Å². The number of amides is 1. The number of halogens is 3. The number of hydrogen-bond donors (Lipinski definition) is 0. The molecule has 0 aromatic heterocycles. The summed E-state index contributed by atoms with van der Waals surface area (Å²) in [5, 5.41) is 11.4. The van der Waals surface area contributed by atoms with E-state index < -0.39 is 36.1 Å². The predicted octanol–water partition coefficient (Wildman–Crippen LogP) is -2.48. The van der Waals surface area contributed by atoms with Crippen LogP contribution in [0.15, 0.2) is 22.9 Å². The molecule has 2 aliphatic heterocycles.